The van der Waals surface area contributed by atoms with Gasteiger partial charge in [0.15, 0.2) is 0 Å². The summed E-state index contributed by atoms with van der Waals surface area (Å²) < 4.78 is 27.5. The first-order valence-corrected chi connectivity index (χ1v) is 10.7. The van der Waals surface area contributed by atoms with E-state index in [0.717, 1.165) is 16.7 Å². The van der Waals surface area contributed by atoms with Crippen molar-refractivity contribution >= 4 is 0 Å². The molecule has 0 aliphatic carbocycles. The van der Waals surface area contributed by atoms with Crippen LogP contribution in [0.3, 0.4) is 0 Å². The van der Waals surface area contributed by atoms with Crippen molar-refractivity contribution in [2.75, 3.05) is 59.5 Å². The zero-order valence-electron chi connectivity index (χ0n) is 19.0. The lowest BCUT2D eigenvalue weighted by Gasteiger charge is -2.08. The molecule has 6 heteroatoms. The van der Waals surface area contributed by atoms with Crippen molar-refractivity contribution in [1.82, 2.24) is 0 Å². The molecule has 0 unspecified atom stereocenters. The van der Waals surface area contributed by atoms with E-state index < -0.39 is 0 Å². The monoisotopic (exact) mass is 434 g/mol. The van der Waals surface area contributed by atoms with Gasteiger partial charge in [0.25, 0.3) is 0 Å². The number of hydrogen-bond donors (Lipinski definition) is 1. The molecule has 1 N–H and O–H groups in total. The fraction of sp³-hybridized carbons (Fsp3) is 0.520. The summed E-state index contributed by atoms with van der Waals surface area (Å²) in [6, 6.07) is 8.14. The number of rotatable bonds is 19. The van der Waals surface area contributed by atoms with Crippen molar-refractivity contribution < 1.29 is 28.8 Å². The van der Waals surface area contributed by atoms with E-state index in [-0.39, 0.29) is 6.61 Å². The quantitative estimate of drug-likeness (QED) is 0.264. The van der Waals surface area contributed by atoms with Crippen LogP contribution in [0, 0.1) is 0 Å². The minimum atomic E-state index is 0.0376. The van der Waals surface area contributed by atoms with Crippen molar-refractivity contribution in [3.63, 3.8) is 0 Å². The van der Waals surface area contributed by atoms with Crippen molar-refractivity contribution in [3.8, 4) is 0 Å². The van der Waals surface area contributed by atoms with Gasteiger partial charge in [-0.3, -0.25) is 0 Å². The Bertz CT molecular complexity index is 632. The molecular formula is C25H38O6. The maximum absolute atomic E-state index is 8.62. The van der Waals surface area contributed by atoms with Crippen LogP contribution in [0.4, 0.5) is 0 Å². The fourth-order valence-electron chi connectivity index (χ4n) is 2.37. The number of benzene rings is 1. The van der Waals surface area contributed by atoms with E-state index in [1.54, 1.807) is 0 Å². The lowest BCUT2D eigenvalue weighted by Crippen LogP contribution is -2.10. The molecule has 174 valence electrons. The summed E-state index contributed by atoms with van der Waals surface area (Å²) in [6.07, 6.45) is 5.88. The maximum atomic E-state index is 8.62. The average molecular weight is 435 g/mol. The first kappa shape index (κ1) is 27.2. The molecule has 0 radical (unpaired) electrons. The highest BCUT2D eigenvalue weighted by Crippen LogP contribution is 2.07. The molecule has 1 aromatic carbocycles. The third-order valence-corrected chi connectivity index (χ3v) is 4.07. The van der Waals surface area contributed by atoms with Crippen LogP contribution in [0.1, 0.15) is 25.0 Å². The van der Waals surface area contributed by atoms with Gasteiger partial charge >= 0.3 is 0 Å². The molecule has 1 aromatic rings. The van der Waals surface area contributed by atoms with E-state index >= 15 is 0 Å². The van der Waals surface area contributed by atoms with E-state index in [2.05, 4.69) is 20.4 Å². The summed E-state index contributed by atoms with van der Waals surface area (Å²) in [5.74, 6) is 0. The first-order valence-electron chi connectivity index (χ1n) is 10.7. The summed E-state index contributed by atoms with van der Waals surface area (Å²) in [6.45, 7) is 13.1. The molecule has 0 aliphatic rings. The van der Waals surface area contributed by atoms with Crippen molar-refractivity contribution in [2.45, 2.75) is 27.1 Å². The fourth-order valence-corrected chi connectivity index (χ4v) is 2.37. The predicted octanol–water partition coefficient (Wildman–Crippen LogP) is 3.84. The van der Waals surface area contributed by atoms with Gasteiger partial charge in [-0.1, -0.05) is 54.6 Å². The summed E-state index contributed by atoms with van der Waals surface area (Å²) in [7, 11) is 0. The molecule has 31 heavy (non-hydrogen) atoms. The first-order chi connectivity index (χ1) is 15.2. The predicted molar refractivity (Wildman–Crippen MR) is 123 cm³/mol. The third-order valence-electron chi connectivity index (χ3n) is 4.07. The summed E-state index contributed by atoms with van der Waals surface area (Å²) >= 11 is 0. The topological polar surface area (TPSA) is 66.4 Å². The second kappa shape index (κ2) is 18.9. The van der Waals surface area contributed by atoms with Gasteiger partial charge in [-0.05, 0) is 30.5 Å². The smallest absolute Gasteiger partial charge is 0.0718 e. The Labute approximate surface area is 187 Å². The van der Waals surface area contributed by atoms with Crippen molar-refractivity contribution in [2.24, 2.45) is 0 Å². The second-order valence-electron chi connectivity index (χ2n) is 7.11. The molecule has 0 bridgehead atoms. The molecule has 0 spiro atoms. The molecule has 0 amide bonds. The average Bonchev–Trinajstić information content (AvgIpc) is 2.77. The van der Waals surface area contributed by atoms with Gasteiger partial charge in [-0.2, -0.15) is 0 Å². The molecule has 0 aromatic heterocycles. The molecular weight excluding hydrogens is 396 g/mol. The summed E-state index contributed by atoms with van der Waals surface area (Å²) in [4.78, 5) is 0. The Morgan fingerprint density at radius 2 is 1.23 bits per heavy atom. The summed E-state index contributed by atoms with van der Waals surface area (Å²) in [5, 5.41) is 8.62. The Morgan fingerprint density at radius 3 is 1.71 bits per heavy atom. The van der Waals surface area contributed by atoms with E-state index in [0.29, 0.717) is 66.1 Å². The van der Waals surface area contributed by atoms with Gasteiger partial charge in [0, 0.05) is 0 Å². The zero-order valence-corrected chi connectivity index (χ0v) is 19.0. The van der Waals surface area contributed by atoms with Crippen LogP contribution in [-0.4, -0.2) is 64.6 Å². The zero-order chi connectivity index (χ0) is 22.6. The van der Waals surface area contributed by atoms with Gasteiger partial charge < -0.3 is 28.8 Å². The molecule has 0 saturated heterocycles. The van der Waals surface area contributed by atoms with Gasteiger partial charge in [0.05, 0.1) is 72.7 Å². The standard InChI is InChI=1S/C25H38O6/c1-4-23(6-5-22(2)3)19-29-17-14-28-15-18-31-21-25-9-7-24(8-10-25)20-30-16-13-27-12-11-26/h4-10,26H,1,11-21H2,2-3H3/b23-6+. The van der Waals surface area contributed by atoms with Gasteiger partial charge in [0.1, 0.15) is 0 Å². The highest BCUT2D eigenvalue weighted by Gasteiger charge is 1.98. The van der Waals surface area contributed by atoms with Crippen LogP contribution in [-0.2, 0) is 36.9 Å². The Balaban J connectivity index is 2.02. The number of aliphatic hydroxyl groups is 1. The maximum Gasteiger partial charge on any atom is 0.0718 e. The lowest BCUT2D eigenvalue weighted by atomic mass is 10.1. The van der Waals surface area contributed by atoms with Crippen LogP contribution in [0.5, 0.6) is 0 Å². The SMILES string of the molecule is C=C/C(=C\C=C(C)C)COCCOCCOCc1ccc(COCCOCCO)cc1. The molecule has 0 atom stereocenters. The molecule has 0 heterocycles. The molecule has 1 rings (SSSR count). The van der Waals surface area contributed by atoms with Gasteiger partial charge in [0.2, 0.25) is 0 Å². The van der Waals surface area contributed by atoms with Crippen LogP contribution >= 0.6 is 0 Å². The molecule has 6 nitrogen and oxygen atoms in total. The summed E-state index contributed by atoms with van der Waals surface area (Å²) in [5.41, 5.74) is 4.50. The molecule has 0 aliphatic heterocycles. The van der Waals surface area contributed by atoms with Crippen LogP contribution in [0.2, 0.25) is 0 Å². The second-order valence-corrected chi connectivity index (χ2v) is 7.11. The number of aliphatic hydroxyl groups excluding tert-OH is 1. The van der Waals surface area contributed by atoms with E-state index in [4.69, 9.17) is 28.8 Å². The number of hydrogen-bond acceptors (Lipinski definition) is 6. The highest BCUT2D eigenvalue weighted by molar-refractivity contribution is 5.24. The minimum Gasteiger partial charge on any atom is -0.394 e. The Morgan fingerprint density at radius 1 is 0.742 bits per heavy atom. The van der Waals surface area contributed by atoms with Crippen LogP contribution in [0.15, 0.2) is 60.2 Å². The molecule has 0 saturated carbocycles. The van der Waals surface area contributed by atoms with E-state index in [9.17, 15) is 0 Å². The van der Waals surface area contributed by atoms with Gasteiger partial charge in [-0.15, -0.1) is 0 Å². The van der Waals surface area contributed by atoms with Crippen molar-refractivity contribution in [1.29, 1.82) is 0 Å². The third kappa shape index (κ3) is 15.6. The largest absolute Gasteiger partial charge is 0.394 e. The molecule has 0 fully saturated rings. The van der Waals surface area contributed by atoms with E-state index in [1.807, 2.05) is 42.5 Å². The minimum absolute atomic E-state index is 0.0376. The lowest BCUT2D eigenvalue weighted by molar-refractivity contribution is 0.0145. The van der Waals surface area contributed by atoms with Gasteiger partial charge in [-0.25, -0.2) is 0 Å². The number of ether oxygens (including phenoxy) is 5. The normalized spacial score (nSPS) is 11.5. The van der Waals surface area contributed by atoms with Crippen LogP contribution in [0.25, 0.3) is 0 Å². The Kier molecular flexibility index (Phi) is 16.6. The van der Waals surface area contributed by atoms with Crippen LogP contribution < -0.4 is 0 Å². The van der Waals surface area contributed by atoms with Crippen molar-refractivity contribution in [3.05, 3.63) is 71.3 Å². The Hall–Kier alpha value is -1.80. The highest BCUT2D eigenvalue weighted by atomic mass is 16.5. The number of allylic oxidation sites excluding steroid dienone is 3. The van der Waals surface area contributed by atoms with E-state index in [1.165, 1.54) is 5.57 Å².